The minimum Gasteiger partial charge on any atom is -0.309 e. The minimum atomic E-state index is 0.698. The average molecular weight is 696 g/mol. The fourth-order valence-electron chi connectivity index (χ4n) is 9.24. The number of hydrogen-bond acceptors (Lipinski definition) is 2. The number of benzene rings is 10. The summed E-state index contributed by atoms with van der Waals surface area (Å²) in [7, 11) is 0. The summed E-state index contributed by atoms with van der Waals surface area (Å²) in [6.07, 6.45) is 2.00. The summed E-state index contributed by atoms with van der Waals surface area (Å²) in [5, 5.41) is 24.5. The summed E-state index contributed by atoms with van der Waals surface area (Å²) < 4.78 is 2.32. The van der Waals surface area contributed by atoms with Crippen LogP contribution in [-0.4, -0.2) is 9.55 Å². The Labute approximate surface area is 316 Å². The molecule has 10 aromatic carbocycles. The van der Waals surface area contributed by atoms with Gasteiger partial charge in [0.25, 0.3) is 0 Å². The highest BCUT2D eigenvalue weighted by Gasteiger charge is 2.20. The number of rotatable bonds is 4. The second-order valence-electron chi connectivity index (χ2n) is 14.7. The molecule has 0 saturated carbocycles. The van der Waals surface area contributed by atoms with Crippen molar-refractivity contribution >= 4 is 75.7 Å². The van der Waals surface area contributed by atoms with E-state index in [0.29, 0.717) is 5.56 Å². The molecule has 252 valence electrons. The van der Waals surface area contributed by atoms with Crippen molar-refractivity contribution in [1.82, 2.24) is 9.55 Å². The van der Waals surface area contributed by atoms with E-state index in [0.717, 1.165) is 55.3 Å². The van der Waals surface area contributed by atoms with E-state index in [1.807, 2.05) is 18.3 Å². The molecule has 55 heavy (non-hydrogen) atoms. The third-order valence-electron chi connectivity index (χ3n) is 11.7. The monoisotopic (exact) mass is 695 g/mol. The molecular formula is C52H29N3. The zero-order chi connectivity index (χ0) is 36.2. The lowest BCUT2D eigenvalue weighted by molar-refractivity contribution is 1.18. The highest BCUT2D eigenvalue weighted by atomic mass is 15.0. The van der Waals surface area contributed by atoms with Crippen LogP contribution in [-0.2, 0) is 0 Å². The van der Waals surface area contributed by atoms with Gasteiger partial charge in [0, 0.05) is 39.2 Å². The summed E-state index contributed by atoms with van der Waals surface area (Å²) >= 11 is 0. The smallest absolute Gasteiger partial charge is 0.0998 e. The fraction of sp³-hybridized carbons (Fsp3) is 0. The van der Waals surface area contributed by atoms with Gasteiger partial charge in [-0.15, -0.1) is 0 Å². The molecular weight excluding hydrogens is 667 g/mol. The average Bonchev–Trinajstić information content (AvgIpc) is 3.59. The van der Waals surface area contributed by atoms with Gasteiger partial charge in [-0.3, -0.25) is 4.98 Å². The molecule has 0 radical (unpaired) electrons. The van der Waals surface area contributed by atoms with Crippen LogP contribution in [0.4, 0.5) is 0 Å². The molecule has 0 spiro atoms. The number of nitriles is 1. The summed E-state index contributed by atoms with van der Waals surface area (Å²) in [4.78, 5) is 5.06. The predicted octanol–water partition coefficient (Wildman–Crippen LogP) is 13.7. The van der Waals surface area contributed by atoms with Gasteiger partial charge >= 0.3 is 0 Å². The van der Waals surface area contributed by atoms with Crippen LogP contribution in [0.3, 0.4) is 0 Å². The number of hydrogen-bond donors (Lipinski definition) is 0. The quantitative estimate of drug-likeness (QED) is 0.172. The van der Waals surface area contributed by atoms with Gasteiger partial charge in [0.05, 0.1) is 28.4 Å². The molecule has 0 saturated heterocycles. The number of para-hydroxylation sites is 1. The van der Waals surface area contributed by atoms with Gasteiger partial charge in [-0.25, -0.2) is 0 Å². The Kier molecular flexibility index (Phi) is 6.12. The van der Waals surface area contributed by atoms with Gasteiger partial charge in [0.1, 0.15) is 0 Å². The molecule has 0 unspecified atom stereocenters. The van der Waals surface area contributed by atoms with Gasteiger partial charge in [-0.05, 0) is 132 Å². The lowest BCUT2D eigenvalue weighted by atomic mass is 9.89. The fourth-order valence-corrected chi connectivity index (χ4v) is 9.24. The van der Waals surface area contributed by atoms with E-state index in [1.54, 1.807) is 0 Å². The Bertz CT molecular complexity index is 3460. The number of fused-ring (bicyclic) bond motifs is 1. The van der Waals surface area contributed by atoms with Crippen molar-refractivity contribution in [2.24, 2.45) is 0 Å². The van der Waals surface area contributed by atoms with Crippen LogP contribution >= 0.6 is 0 Å². The summed E-state index contributed by atoms with van der Waals surface area (Å²) in [6, 6.07) is 63.6. The lowest BCUT2D eigenvalue weighted by Crippen LogP contribution is -1.93. The van der Waals surface area contributed by atoms with E-state index in [-0.39, 0.29) is 0 Å². The summed E-state index contributed by atoms with van der Waals surface area (Å²) in [5.41, 5.74) is 10.7. The third kappa shape index (κ3) is 4.34. The van der Waals surface area contributed by atoms with E-state index < -0.39 is 0 Å². The van der Waals surface area contributed by atoms with Gasteiger partial charge in [-0.2, -0.15) is 5.26 Å². The van der Waals surface area contributed by atoms with E-state index >= 15 is 0 Å². The molecule has 0 aliphatic carbocycles. The first-order chi connectivity index (χ1) is 27.2. The van der Waals surface area contributed by atoms with Gasteiger partial charge < -0.3 is 4.57 Å². The third-order valence-corrected chi connectivity index (χ3v) is 11.7. The lowest BCUT2D eigenvalue weighted by Gasteiger charge is -2.15. The molecule has 0 aliphatic rings. The topological polar surface area (TPSA) is 41.6 Å². The van der Waals surface area contributed by atoms with E-state index in [9.17, 15) is 5.26 Å². The van der Waals surface area contributed by atoms with Crippen LogP contribution in [0.1, 0.15) is 5.56 Å². The Morgan fingerprint density at radius 3 is 1.80 bits per heavy atom. The van der Waals surface area contributed by atoms with Crippen molar-refractivity contribution < 1.29 is 0 Å². The highest BCUT2D eigenvalue weighted by molar-refractivity contribution is 6.26. The predicted molar refractivity (Wildman–Crippen MR) is 230 cm³/mol. The van der Waals surface area contributed by atoms with E-state index in [2.05, 4.69) is 168 Å². The minimum absolute atomic E-state index is 0.698. The molecule has 0 fully saturated rings. The van der Waals surface area contributed by atoms with Crippen LogP contribution in [0.5, 0.6) is 0 Å². The van der Waals surface area contributed by atoms with Crippen molar-refractivity contribution in [2.45, 2.75) is 0 Å². The van der Waals surface area contributed by atoms with Crippen LogP contribution in [0.15, 0.2) is 176 Å². The van der Waals surface area contributed by atoms with E-state index in [4.69, 9.17) is 4.98 Å². The molecule has 0 bridgehead atoms. The Morgan fingerprint density at radius 1 is 0.418 bits per heavy atom. The number of aromatic nitrogens is 2. The van der Waals surface area contributed by atoms with Crippen molar-refractivity contribution in [3.63, 3.8) is 0 Å². The molecule has 0 N–H and O–H groups in total. The zero-order valence-corrected chi connectivity index (χ0v) is 29.6. The largest absolute Gasteiger partial charge is 0.309 e. The summed E-state index contributed by atoms with van der Waals surface area (Å²) in [6.45, 7) is 0. The van der Waals surface area contributed by atoms with Crippen LogP contribution in [0.25, 0.3) is 115 Å². The number of pyridine rings is 1. The molecule has 2 heterocycles. The highest BCUT2D eigenvalue weighted by Crippen LogP contribution is 2.43. The molecule has 0 atom stereocenters. The van der Waals surface area contributed by atoms with Crippen molar-refractivity contribution in [3.8, 4) is 45.3 Å². The Balaban J connectivity index is 0.961. The van der Waals surface area contributed by atoms with Gasteiger partial charge in [0.2, 0.25) is 0 Å². The molecule has 0 amide bonds. The van der Waals surface area contributed by atoms with Crippen LogP contribution in [0, 0.1) is 11.3 Å². The van der Waals surface area contributed by atoms with Gasteiger partial charge in [0.15, 0.2) is 0 Å². The maximum absolute atomic E-state index is 9.92. The van der Waals surface area contributed by atoms with Crippen molar-refractivity contribution in [2.75, 3.05) is 0 Å². The van der Waals surface area contributed by atoms with Gasteiger partial charge in [-0.1, -0.05) is 103 Å². The normalized spacial score (nSPS) is 12.0. The first-order valence-electron chi connectivity index (χ1n) is 18.7. The molecule has 3 heteroatoms. The summed E-state index contributed by atoms with van der Waals surface area (Å²) in [5.74, 6) is 0. The Hall–Kier alpha value is -7.54. The molecule has 3 nitrogen and oxygen atoms in total. The van der Waals surface area contributed by atoms with Crippen molar-refractivity contribution in [3.05, 3.63) is 182 Å². The maximum Gasteiger partial charge on any atom is 0.0998 e. The van der Waals surface area contributed by atoms with E-state index in [1.165, 1.54) is 59.6 Å². The molecule has 2 aromatic heterocycles. The molecule has 0 aliphatic heterocycles. The van der Waals surface area contributed by atoms with Crippen LogP contribution in [0.2, 0.25) is 0 Å². The Morgan fingerprint density at radius 2 is 1.07 bits per heavy atom. The first kappa shape index (κ1) is 30.0. The standard InChI is InChI=1S/C52H29N3/c53-29-37-19-22-47-52-45(37)20-17-36-23-39(28-48(51(36)52)55(47)42-9-2-1-3-10-42)38-18-21-46(54-30-38)41-26-34-15-13-32-24-40(25-33-14-16-35(27-41)50(34)49(32)33)44-12-6-8-31-7-4-5-11-43(31)44/h1-28,30H. The maximum atomic E-state index is 9.92. The second kappa shape index (κ2) is 11.2. The van der Waals surface area contributed by atoms with Crippen LogP contribution < -0.4 is 0 Å². The molecule has 12 rings (SSSR count). The second-order valence-corrected chi connectivity index (χ2v) is 14.7. The first-order valence-corrected chi connectivity index (χ1v) is 18.7. The zero-order valence-electron chi connectivity index (χ0n) is 29.6. The number of nitrogens with zero attached hydrogens (tertiary/aromatic N) is 3. The SMILES string of the molecule is N#Cc1ccc2c3c1ccc1cc(-c4ccc(-c5cc6ccc7cc(-c8cccc9ccccc89)cc8ccc(c5)c6c78)nc4)cc(c13)n2-c1ccccc1. The van der Waals surface area contributed by atoms with Crippen molar-refractivity contribution in [1.29, 1.82) is 5.26 Å². The molecule has 12 aromatic rings.